The first-order valence-electron chi connectivity index (χ1n) is 4.91. The van der Waals surface area contributed by atoms with Gasteiger partial charge in [-0.15, -0.1) is 0 Å². The third-order valence-corrected chi connectivity index (χ3v) is 2.77. The second-order valence-electron chi connectivity index (χ2n) is 3.24. The van der Waals surface area contributed by atoms with Crippen molar-refractivity contribution in [1.29, 1.82) is 0 Å². The van der Waals surface area contributed by atoms with E-state index in [4.69, 9.17) is 5.11 Å². The number of benzene rings is 1. The van der Waals surface area contributed by atoms with Gasteiger partial charge in [-0.1, -0.05) is 6.07 Å². The molecule has 0 bridgehead atoms. The van der Waals surface area contributed by atoms with Gasteiger partial charge in [0.1, 0.15) is 11.4 Å². The van der Waals surface area contributed by atoms with E-state index in [1.807, 2.05) is 6.26 Å². The number of halogens is 1. The Morgan fingerprint density at radius 3 is 2.94 bits per heavy atom. The number of anilines is 1. The molecule has 1 aromatic carbocycles. The molecule has 3 nitrogen and oxygen atoms in total. The van der Waals surface area contributed by atoms with Crippen molar-refractivity contribution in [1.82, 2.24) is 0 Å². The fourth-order valence-corrected chi connectivity index (χ4v) is 1.76. The first-order chi connectivity index (χ1) is 7.66. The van der Waals surface area contributed by atoms with Crippen molar-refractivity contribution in [2.24, 2.45) is 0 Å². The molecular formula is C11H14FNO2S. The SMILES string of the molecule is CSCCCNc1cccc(F)c1C(=O)O. The summed E-state index contributed by atoms with van der Waals surface area (Å²) in [4.78, 5) is 10.8. The smallest absolute Gasteiger partial charge is 0.340 e. The van der Waals surface area contributed by atoms with E-state index in [0.29, 0.717) is 12.2 Å². The minimum atomic E-state index is -1.24. The van der Waals surface area contributed by atoms with Crippen molar-refractivity contribution < 1.29 is 14.3 Å². The van der Waals surface area contributed by atoms with Crippen molar-refractivity contribution in [2.45, 2.75) is 6.42 Å². The number of aromatic carboxylic acids is 1. The largest absolute Gasteiger partial charge is 0.478 e. The lowest BCUT2D eigenvalue weighted by molar-refractivity contribution is 0.0693. The van der Waals surface area contributed by atoms with E-state index in [0.717, 1.165) is 18.2 Å². The van der Waals surface area contributed by atoms with Crippen LogP contribution in [0.4, 0.5) is 10.1 Å². The standard InChI is InChI=1S/C11H14FNO2S/c1-16-7-3-6-13-9-5-2-4-8(12)10(9)11(14)15/h2,4-5,13H,3,6-7H2,1H3,(H,14,15). The summed E-state index contributed by atoms with van der Waals surface area (Å²) >= 11 is 1.72. The molecule has 0 aliphatic carbocycles. The Bertz CT molecular complexity index is 371. The van der Waals surface area contributed by atoms with Gasteiger partial charge in [-0.2, -0.15) is 11.8 Å². The summed E-state index contributed by atoms with van der Waals surface area (Å²) in [6, 6.07) is 4.22. The van der Waals surface area contributed by atoms with E-state index in [-0.39, 0.29) is 5.56 Å². The maximum Gasteiger partial charge on any atom is 0.340 e. The summed E-state index contributed by atoms with van der Waals surface area (Å²) in [7, 11) is 0. The van der Waals surface area contributed by atoms with E-state index in [1.165, 1.54) is 6.07 Å². The van der Waals surface area contributed by atoms with E-state index < -0.39 is 11.8 Å². The molecule has 16 heavy (non-hydrogen) atoms. The lowest BCUT2D eigenvalue weighted by atomic mass is 10.1. The van der Waals surface area contributed by atoms with Crippen LogP contribution >= 0.6 is 11.8 Å². The van der Waals surface area contributed by atoms with Gasteiger partial charge in [-0.3, -0.25) is 0 Å². The Kier molecular flexibility index (Phi) is 5.11. The number of hydrogen-bond acceptors (Lipinski definition) is 3. The van der Waals surface area contributed by atoms with Crippen LogP contribution < -0.4 is 5.32 Å². The molecule has 0 atom stereocenters. The Morgan fingerprint density at radius 2 is 2.31 bits per heavy atom. The second-order valence-corrected chi connectivity index (χ2v) is 4.23. The topological polar surface area (TPSA) is 49.3 Å². The van der Waals surface area contributed by atoms with Crippen molar-refractivity contribution in [3.05, 3.63) is 29.6 Å². The third-order valence-electron chi connectivity index (χ3n) is 2.07. The molecule has 0 saturated heterocycles. The molecule has 0 unspecified atom stereocenters. The van der Waals surface area contributed by atoms with Crippen LogP contribution in [0.25, 0.3) is 0 Å². The van der Waals surface area contributed by atoms with Crippen LogP contribution in [-0.2, 0) is 0 Å². The maximum absolute atomic E-state index is 13.3. The molecule has 0 spiro atoms. The summed E-state index contributed by atoms with van der Waals surface area (Å²) in [5.74, 6) is -0.960. The molecule has 2 N–H and O–H groups in total. The summed E-state index contributed by atoms with van der Waals surface area (Å²) in [5.41, 5.74) is 0.0558. The lowest BCUT2D eigenvalue weighted by Crippen LogP contribution is -2.10. The minimum absolute atomic E-state index is 0.286. The molecule has 88 valence electrons. The fourth-order valence-electron chi connectivity index (χ4n) is 1.33. The molecule has 0 heterocycles. The summed E-state index contributed by atoms with van der Waals surface area (Å²) in [5, 5.41) is 11.8. The molecule has 0 aliphatic rings. The maximum atomic E-state index is 13.3. The van der Waals surface area contributed by atoms with E-state index in [2.05, 4.69) is 5.32 Å². The first kappa shape index (κ1) is 12.8. The molecule has 0 amide bonds. The number of carboxylic acids is 1. The molecule has 0 saturated carbocycles. The highest BCUT2D eigenvalue weighted by Gasteiger charge is 2.14. The molecular weight excluding hydrogens is 229 g/mol. The first-order valence-corrected chi connectivity index (χ1v) is 6.31. The van der Waals surface area contributed by atoms with Gasteiger partial charge in [-0.05, 0) is 30.6 Å². The Morgan fingerprint density at radius 1 is 1.56 bits per heavy atom. The molecule has 0 aliphatic heterocycles. The number of rotatable bonds is 6. The third kappa shape index (κ3) is 3.41. The van der Waals surface area contributed by atoms with Crippen LogP contribution in [0.2, 0.25) is 0 Å². The fraction of sp³-hybridized carbons (Fsp3) is 0.364. The zero-order valence-corrected chi connectivity index (χ0v) is 9.81. The highest BCUT2D eigenvalue weighted by molar-refractivity contribution is 7.98. The Hall–Kier alpha value is -1.23. The number of carboxylic acid groups (broad SMARTS) is 1. The van der Waals surface area contributed by atoms with Gasteiger partial charge in [-0.25, -0.2) is 9.18 Å². The van der Waals surface area contributed by atoms with E-state index >= 15 is 0 Å². The van der Waals surface area contributed by atoms with E-state index in [9.17, 15) is 9.18 Å². The van der Waals surface area contributed by atoms with Crippen LogP contribution in [0.5, 0.6) is 0 Å². The number of thioether (sulfide) groups is 1. The van der Waals surface area contributed by atoms with Gasteiger partial charge in [0, 0.05) is 6.54 Å². The Balaban J connectivity index is 2.71. The van der Waals surface area contributed by atoms with Crippen LogP contribution in [-0.4, -0.2) is 29.6 Å². The predicted molar refractivity (Wildman–Crippen MR) is 64.8 cm³/mol. The van der Waals surface area contributed by atoms with Crippen LogP contribution in [0.3, 0.4) is 0 Å². The summed E-state index contributed by atoms with van der Waals surface area (Å²) in [6.45, 7) is 0.643. The number of nitrogens with one attached hydrogen (secondary N) is 1. The molecule has 5 heteroatoms. The molecule has 1 aromatic rings. The monoisotopic (exact) mass is 243 g/mol. The van der Waals surface area contributed by atoms with Gasteiger partial charge < -0.3 is 10.4 Å². The van der Waals surface area contributed by atoms with Crippen molar-refractivity contribution in [3.8, 4) is 0 Å². The highest BCUT2D eigenvalue weighted by atomic mass is 32.2. The van der Waals surface area contributed by atoms with Crippen LogP contribution in [0, 0.1) is 5.82 Å². The summed E-state index contributed by atoms with van der Waals surface area (Å²) in [6.07, 6.45) is 2.92. The van der Waals surface area contributed by atoms with Crippen molar-refractivity contribution in [3.63, 3.8) is 0 Å². The van der Waals surface area contributed by atoms with Gasteiger partial charge in [0.15, 0.2) is 0 Å². The average Bonchev–Trinajstić information content (AvgIpc) is 2.24. The number of carbonyl (C=O) groups is 1. The lowest BCUT2D eigenvalue weighted by Gasteiger charge is -2.09. The molecule has 0 radical (unpaired) electrons. The molecule has 0 aromatic heterocycles. The minimum Gasteiger partial charge on any atom is -0.478 e. The zero-order valence-electron chi connectivity index (χ0n) is 9.00. The van der Waals surface area contributed by atoms with Crippen molar-refractivity contribution in [2.75, 3.05) is 23.9 Å². The van der Waals surface area contributed by atoms with Gasteiger partial charge in [0.05, 0.1) is 5.69 Å². The molecule has 0 fully saturated rings. The van der Waals surface area contributed by atoms with Gasteiger partial charge in [0.2, 0.25) is 0 Å². The summed E-state index contributed by atoms with van der Waals surface area (Å²) < 4.78 is 13.3. The second kappa shape index (κ2) is 6.37. The predicted octanol–water partition coefficient (Wildman–Crippen LogP) is 2.69. The van der Waals surface area contributed by atoms with Crippen molar-refractivity contribution >= 4 is 23.4 Å². The van der Waals surface area contributed by atoms with Gasteiger partial charge in [0.25, 0.3) is 0 Å². The van der Waals surface area contributed by atoms with Crippen LogP contribution in [0.1, 0.15) is 16.8 Å². The normalized spacial score (nSPS) is 10.1. The van der Waals surface area contributed by atoms with Gasteiger partial charge >= 0.3 is 5.97 Å². The highest BCUT2D eigenvalue weighted by Crippen LogP contribution is 2.18. The Labute approximate surface area is 98.1 Å². The molecule has 1 rings (SSSR count). The van der Waals surface area contributed by atoms with Crippen LogP contribution in [0.15, 0.2) is 18.2 Å². The zero-order chi connectivity index (χ0) is 12.0. The number of hydrogen-bond donors (Lipinski definition) is 2. The average molecular weight is 243 g/mol. The quantitative estimate of drug-likeness (QED) is 0.754. The van der Waals surface area contributed by atoms with E-state index in [1.54, 1.807) is 17.8 Å².